The molecule has 33 heavy (non-hydrogen) atoms. The fraction of sp³-hybridized carbons (Fsp3) is 0.353. The number of carboxylic acid groups (broad SMARTS) is 1. The molecular weight excluding hydrogens is 469 g/mol. The van der Waals surface area contributed by atoms with Crippen LogP contribution in [0.4, 0.5) is 5.69 Å². The Morgan fingerprint density at radius 3 is 2.61 bits per heavy atom. The highest BCUT2D eigenvalue weighted by atomic mass is 31.2. The minimum atomic E-state index is -4.88. The van der Waals surface area contributed by atoms with Gasteiger partial charge in [0.15, 0.2) is 5.60 Å². The van der Waals surface area contributed by atoms with E-state index in [0.29, 0.717) is 0 Å². The third-order valence-electron chi connectivity index (χ3n) is 4.82. The molecule has 1 aliphatic rings. The number of aliphatic carboxylic acids is 1. The third-order valence-corrected chi connectivity index (χ3v) is 5.74. The number of nitro benzene ring substituents is 1. The Morgan fingerprint density at radius 2 is 2.03 bits per heavy atom. The largest absolute Gasteiger partial charge is 0.527 e. The minimum absolute atomic E-state index is 0.119. The van der Waals surface area contributed by atoms with Gasteiger partial charge in [0.2, 0.25) is 0 Å². The van der Waals surface area contributed by atoms with Crippen molar-refractivity contribution in [1.82, 2.24) is 9.55 Å². The number of carbonyl (C=O) groups is 1. The number of aryl methyl sites for hydroxylation is 1. The van der Waals surface area contributed by atoms with Gasteiger partial charge in [-0.1, -0.05) is 0 Å². The molecule has 1 unspecified atom stereocenters. The van der Waals surface area contributed by atoms with Gasteiger partial charge < -0.3 is 19.5 Å². The number of nitrogens with one attached hydrogen (secondary N) is 1. The molecule has 0 aliphatic carbocycles. The van der Waals surface area contributed by atoms with Crippen LogP contribution in [0.1, 0.15) is 18.2 Å². The highest BCUT2D eigenvalue weighted by Gasteiger charge is 2.55. The van der Waals surface area contributed by atoms with E-state index in [-0.39, 0.29) is 17.0 Å². The summed E-state index contributed by atoms with van der Waals surface area (Å²) in [7, 11) is -4.88. The van der Waals surface area contributed by atoms with Gasteiger partial charge in [-0.2, -0.15) is 0 Å². The predicted molar refractivity (Wildman–Crippen MR) is 107 cm³/mol. The second kappa shape index (κ2) is 8.88. The summed E-state index contributed by atoms with van der Waals surface area (Å²) < 4.78 is 28.0. The number of benzene rings is 1. The smallest absolute Gasteiger partial charge is 0.479 e. The Labute approximate surface area is 183 Å². The number of H-pyrrole nitrogens is 1. The van der Waals surface area contributed by atoms with E-state index in [1.165, 1.54) is 6.92 Å². The van der Waals surface area contributed by atoms with Crippen LogP contribution in [0.2, 0.25) is 0 Å². The molecule has 1 saturated heterocycles. The second-order valence-corrected chi connectivity index (χ2v) is 8.48. The number of hydrogen-bond donors (Lipinski definition) is 4. The van der Waals surface area contributed by atoms with Crippen LogP contribution in [0, 0.1) is 17.0 Å². The summed E-state index contributed by atoms with van der Waals surface area (Å²) in [6, 6.07) is 4.14. The van der Waals surface area contributed by atoms with Crippen molar-refractivity contribution in [3.63, 3.8) is 0 Å². The van der Waals surface area contributed by atoms with Crippen molar-refractivity contribution in [2.75, 3.05) is 6.61 Å². The number of aromatic amines is 1. The Kier molecular flexibility index (Phi) is 6.53. The topological polar surface area (TPSA) is 221 Å². The molecule has 0 spiro atoms. The summed E-state index contributed by atoms with van der Waals surface area (Å²) in [5.41, 5.74) is -4.36. The Hall–Kier alpha value is -3.36. The molecule has 16 heteroatoms. The number of nitrogens with zero attached hydrogens (tertiary/aromatic N) is 2. The molecule has 1 aliphatic heterocycles. The predicted octanol–water partition coefficient (Wildman–Crippen LogP) is 0.0524. The first-order chi connectivity index (χ1) is 15.3. The maximum atomic E-state index is 12.2. The monoisotopic (exact) mass is 487 g/mol. The van der Waals surface area contributed by atoms with Crippen molar-refractivity contribution in [3.8, 4) is 5.75 Å². The number of non-ortho nitro benzene ring substituents is 1. The number of phosphoric acid groups is 1. The average molecular weight is 487 g/mol. The minimum Gasteiger partial charge on any atom is -0.479 e. The van der Waals surface area contributed by atoms with Gasteiger partial charge in [0, 0.05) is 30.3 Å². The first-order valence-electron chi connectivity index (χ1n) is 9.17. The first-order valence-corrected chi connectivity index (χ1v) is 10.7. The van der Waals surface area contributed by atoms with Crippen molar-refractivity contribution >= 4 is 19.5 Å². The van der Waals surface area contributed by atoms with Crippen LogP contribution in [0.25, 0.3) is 0 Å². The van der Waals surface area contributed by atoms with E-state index in [4.69, 9.17) is 13.8 Å². The highest BCUT2D eigenvalue weighted by molar-refractivity contribution is 7.47. The van der Waals surface area contributed by atoms with Crippen LogP contribution in [0.5, 0.6) is 5.75 Å². The molecule has 4 atom stereocenters. The van der Waals surface area contributed by atoms with E-state index >= 15 is 0 Å². The number of hydrogen-bond acceptors (Lipinski definition) is 10. The number of rotatable bonds is 8. The molecule has 4 N–H and O–H groups in total. The molecular formula is C17H18N3O12P. The molecule has 178 valence electrons. The van der Waals surface area contributed by atoms with Crippen LogP contribution < -0.4 is 15.8 Å². The van der Waals surface area contributed by atoms with Crippen molar-refractivity contribution in [2.24, 2.45) is 0 Å². The highest BCUT2D eigenvalue weighted by Crippen LogP contribution is 2.46. The number of carboxylic acids is 1. The molecule has 15 nitrogen and oxygen atoms in total. The first kappa shape index (κ1) is 24.3. The number of phosphoric ester groups is 1. The van der Waals surface area contributed by atoms with E-state index in [2.05, 4.69) is 0 Å². The van der Waals surface area contributed by atoms with E-state index in [0.717, 1.165) is 35.0 Å². The summed E-state index contributed by atoms with van der Waals surface area (Å²) in [6.07, 6.45) is -2.57. The lowest BCUT2D eigenvalue weighted by Gasteiger charge is -2.24. The number of aliphatic hydroxyl groups is 1. The zero-order valence-corrected chi connectivity index (χ0v) is 17.7. The molecule has 0 saturated carbocycles. The van der Waals surface area contributed by atoms with Crippen LogP contribution in [-0.2, 0) is 18.6 Å². The Morgan fingerprint density at radius 1 is 1.39 bits per heavy atom. The van der Waals surface area contributed by atoms with Crippen molar-refractivity contribution in [3.05, 3.63) is 67.0 Å². The lowest BCUT2D eigenvalue weighted by atomic mass is 9.95. The van der Waals surface area contributed by atoms with E-state index < -0.39 is 60.9 Å². The standard InChI is InChI=1S/C17H18N3O12P/c1-9-7-19(16(24)18-14(9)21)13-6-17(25,15(22)23)12(31-13)8-30-33(28,29)32-11-4-2-10(3-5-11)20(26)27/h2-5,7,12-13,25H,6,8H2,1H3,(H,22,23)(H,28,29)(H,18,21,24)/t12-,13-,17+/m1/s1. The van der Waals surface area contributed by atoms with Gasteiger partial charge in [0.1, 0.15) is 18.1 Å². The van der Waals surface area contributed by atoms with Crippen molar-refractivity contribution < 1.29 is 43.2 Å². The summed E-state index contributed by atoms with van der Waals surface area (Å²) in [5.74, 6) is -1.99. The van der Waals surface area contributed by atoms with E-state index in [1.54, 1.807) is 0 Å². The Balaban J connectivity index is 1.75. The fourth-order valence-electron chi connectivity index (χ4n) is 3.06. The molecule has 1 fully saturated rings. The van der Waals surface area contributed by atoms with Crippen molar-refractivity contribution in [2.45, 2.75) is 31.3 Å². The number of nitro groups is 1. The molecule has 1 aromatic heterocycles. The molecule has 0 bridgehead atoms. The van der Waals surface area contributed by atoms with Gasteiger partial charge in [-0.15, -0.1) is 0 Å². The normalized spacial score (nSPS) is 24.2. The summed E-state index contributed by atoms with van der Waals surface area (Å²) >= 11 is 0. The SMILES string of the molecule is Cc1cn([C@H]2C[C@@](O)(C(=O)O)[C@@H](COP(=O)(O)Oc3ccc([N+](=O)[O-])cc3)O2)c(=O)[nH]c1=O. The number of ether oxygens (including phenoxy) is 1. The van der Waals surface area contributed by atoms with Crippen LogP contribution in [0.15, 0.2) is 40.1 Å². The summed E-state index contributed by atoms with van der Waals surface area (Å²) in [6.45, 7) is 0.461. The van der Waals surface area contributed by atoms with Gasteiger partial charge in [-0.05, 0) is 19.1 Å². The zero-order chi connectivity index (χ0) is 24.6. The fourth-order valence-corrected chi connectivity index (χ4v) is 3.83. The molecule has 2 aromatic rings. The summed E-state index contributed by atoms with van der Waals surface area (Å²) in [5, 5.41) is 30.7. The van der Waals surface area contributed by atoms with Crippen LogP contribution in [0.3, 0.4) is 0 Å². The second-order valence-electron chi connectivity index (χ2n) is 7.10. The molecule has 0 amide bonds. The van der Waals surface area contributed by atoms with Gasteiger partial charge >= 0.3 is 19.5 Å². The van der Waals surface area contributed by atoms with Crippen LogP contribution in [-0.4, -0.2) is 53.9 Å². The van der Waals surface area contributed by atoms with Gasteiger partial charge in [0.05, 0.1) is 11.5 Å². The maximum Gasteiger partial charge on any atom is 0.527 e. The van der Waals surface area contributed by atoms with E-state index in [1.807, 2.05) is 4.98 Å². The number of aromatic nitrogens is 2. The lowest BCUT2D eigenvalue weighted by molar-refractivity contribution is -0.384. The molecule has 1 aromatic carbocycles. The average Bonchev–Trinajstić information content (AvgIpc) is 3.07. The van der Waals surface area contributed by atoms with E-state index in [9.17, 15) is 44.2 Å². The van der Waals surface area contributed by atoms with Gasteiger partial charge in [-0.25, -0.2) is 14.2 Å². The molecule has 3 rings (SSSR count). The van der Waals surface area contributed by atoms with Crippen LogP contribution >= 0.6 is 7.82 Å². The summed E-state index contributed by atoms with van der Waals surface area (Å²) in [4.78, 5) is 57.2. The quantitative estimate of drug-likeness (QED) is 0.220. The van der Waals surface area contributed by atoms with Gasteiger partial charge in [0.25, 0.3) is 11.2 Å². The Bertz CT molecular complexity index is 1240. The molecule has 2 heterocycles. The zero-order valence-electron chi connectivity index (χ0n) is 16.8. The van der Waals surface area contributed by atoms with Crippen molar-refractivity contribution in [1.29, 1.82) is 0 Å². The van der Waals surface area contributed by atoms with Gasteiger partial charge in [-0.3, -0.25) is 33.9 Å². The third kappa shape index (κ3) is 5.18. The maximum absolute atomic E-state index is 12.2. The lowest BCUT2D eigenvalue weighted by Crippen LogP contribution is -2.48. The molecule has 0 radical (unpaired) electrons.